The second-order valence-corrected chi connectivity index (χ2v) is 11.6. The van der Waals surface area contributed by atoms with Gasteiger partial charge >= 0.3 is 0 Å². The van der Waals surface area contributed by atoms with Crippen LogP contribution in [0.15, 0.2) is 60.7 Å². The summed E-state index contributed by atoms with van der Waals surface area (Å²) in [5.74, 6) is 1.22. The van der Waals surface area contributed by atoms with Crippen molar-refractivity contribution in [3.63, 3.8) is 0 Å². The standard InChI is InChI=1S/C32H38N10O3/c1-23-33-31-26(21-24-11-4-2-5-12-24)34-32(45)27-15-8-9-18-40(27)28(43)16-10-17-39(19-20-41(31)36-23)29(44)22-42-37-30(35-38-42)25-13-6-3-7-14-25/h2-7,11-14,26-27H,8-10,15-22H2,1H3,(H,34,45)/t26-,27+/m1/s1. The summed E-state index contributed by atoms with van der Waals surface area (Å²) in [6.45, 7) is 3.35. The molecule has 6 rings (SSSR count). The number of nitrogens with one attached hydrogen (secondary N) is 1. The lowest BCUT2D eigenvalue weighted by atomic mass is 9.99. The Balaban J connectivity index is 1.27. The van der Waals surface area contributed by atoms with Crippen LogP contribution in [0.5, 0.6) is 0 Å². The molecule has 1 saturated heterocycles. The predicted octanol–water partition coefficient (Wildman–Crippen LogP) is 2.34. The molecule has 2 aliphatic heterocycles. The van der Waals surface area contributed by atoms with Gasteiger partial charge in [0.15, 0.2) is 0 Å². The molecule has 13 nitrogen and oxygen atoms in total. The van der Waals surface area contributed by atoms with Crippen LogP contribution in [0, 0.1) is 6.92 Å². The molecule has 0 saturated carbocycles. The first-order chi connectivity index (χ1) is 21.9. The third-order valence-corrected chi connectivity index (χ3v) is 8.36. The number of carbonyl (C=O) groups excluding carboxylic acids is 3. The molecule has 4 heterocycles. The number of carbonyl (C=O) groups is 3. The van der Waals surface area contributed by atoms with Gasteiger partial charge in [0, 0.05) is 31.6 Å². The van der Waals surface area contributed by atoms with Crippen molar-refractivity contribution in [3.05, 3.63) is 77.9 Å². The van der Waals surface area contributed by atoms with Crippen LogP contribution in [0.4, 0.5) is 0 Å². The molecule has 0 bridgehead atoms. The highest BCUT2D eigenvalue weighted by Gasteiger charge is 2.34. The van der Waals surface area contributed by atoms with Gasteiger partial charge in [-0.2, -0.15) is 9.90 Å². The van der Waals surface area contributed by atoms with Crippen LogP contribution in [0.25, 0.3) is 11.4 Å². The molecule has 0 spiro atoms. The van der Waals surface area contributed by atoms with Crippen LogP contribution in [0.1, 0.15) is 55.4 Å². The number of aryl methyl sites for hydroxylation is 1. The maximum Gasteiger partial charge on any atom is 0.246 e. The van der Waals surface area contributed by atoms with Crippen LogP contribution in [-0.2, 0) is 33.9 Å². The summed E-state index contributed by atoms with van der Waals surface area (Å²) in [4.78, 5) is 50.3. The largest absolute Gasteiger partial charge is 0.344 e. The van der Waals surface area contributed by atoms with Gasteiger partial charge in [-0.25, -0.2) is 9.67 Å². The van der Waals surface area contributed by atoms with E-state index < -0.39 is 12.1 Å². The zero-order valence-electron chi connectivity index (χ0n) is 25.5. The van der Waals surface area contributed by atoms with Crippen molar-refractivity contribution in [2.24, 2.45) is 0 Å². The number of benzene rings is 2. The number of piperidine rings is 1. The first kappa shape index (κ1) is 30.1. The number of aromatic nitrogens is 7. The predicted molar refractivity (Wildman–Crippen MR) is 164 cm³/mol. The van der Waals surface area contributed by atoms with Gasteiger partial charge in [-0.05, 0) is 49.8 Å². The molecule has 2 atom stereocenters. The second-order valence-electron chi connectivity index (χ2n) is 11.6. The van der Waals surface area contributed by atoms with Gasteiger partial charge in [-0.1, -0.05) is 60.7 Å². The van der Waals surface area contributed by atoms with E-state index in [1.54, 1.807) is 14.5 Å². The highest BCUT2D eigenvalue weighted by atomic mass is 16.2. The number of nitrogens with zero attached hydrogens (tertiary/aromatic N) is 9. The van der Waals surface area contributed by atoms with Gasteiger partial charge in [0.25, 0.3) is 0 Å². The monoisotopic (exact) mass is 610 g/mol. The second kappa shape index (κ2) is 13.8. The maximum atomic E-state index is 13.8. The van der Waals surface area contributed by atoms with Gasteiger partial charge in [0.05, 0.1) is 12.6 Å². The fourth-order valence-corrected chi connectivity index (χ4v) is 6.10. The van der Waals surface area contributed by atoms with Crippen molar-refractivity contribution in [2.75, 3.05) is 19.6 Å². The average Bonchev–Trinajstić information content (AvgIpc) is 3.68. The first-order valence-electron chi connectivity index (χ1n) is 15.6. The van der Waals surface area contributed by atoms with Crippen molar-refractivity contribution in [2.45, 2.75) is 70.6 Å². The molecule has 234 valence electrons. The van der Waals surface area contributed by atoms with E-state index in [2.05, 4.69) is 25.8 Å². The fraction of sp³-hybridized carbons (Fsp3) is 0.438. The van der Waals surface area contributed by atoms with Crippen molar-refractivity contribution < 1.29 is 14.4 Å². The van der Waals surface area contributed by atoms with E-state index in [0.29, 0.717) is 62.9 Å². The van der Waals surface area contributed by atoms with Crippen LogP contribution in [0.3, 0.4) is 0 Å². The Labute approximate surface area is 261 Å². The van der Waals surface area contributed by atoms with E-state index in [-0.39, 0.29) is 30.7 Å². The number of tetrazole rings is 1. The van der Waals surface area contributed by atoms with Crippen LogP contribution in [0.2, 0.25) is 0 Å². The third kappa shape index (κ3) is 7.24. The van der Waals surface area contributed by atoms with Crippen LogP contribution >= 0.6 is 0 Å². The van der Waals surface area contributed by atoms with Crippen LogP contribution in [-0.4, -0.2) is 88.2 Å². The highest BCUT2D eigenvalue weighted by molar-refractivity contribution is 5.88. The first-order valence-corrected chi connectivity index (χ1v) is 15.6. The number of hydrogen-bond donors (Lipinski definition) is 1. The van der Waals surface area contributed by atoms with E-state index in [9.17, 15) is 14.4 Å². The van der Waals surface area contributed by atoms with Gasteiger partial charge in [0.2, 0.25) is 23.5 Å². The highest BCUT2D eigenvalue weighted by Crippen LogP contribution is 2.23. The third-order valence-electron chi connectivity index (χ3n) is 8.36. The molecule has 45 heavy (non-hydrogen) atoms. The zero-order valence-corrected chi connectivity index (χ0v) is 25.5. The van der Waals surface area contributed by atoms with Crippen molar-refractivity contribution >= 4 is 17.7 Å². The Bertz CT molecular complexity index is 1620. The molecular weight excluding hydrogens is 572 g/mol. The van der Waals surface area contributed by atoms with Crippen molar-refractivity contribution in [1.82, 2.24) is 50.1 Å². The molecule has 0 unspecified atom stereocenters. The van der Waals surface area contributed by atoms with E-state index in [1.165, 1.54) is 4.80 Å². The number of rotatable bonds is 5. The van der Waals surface area contributed by atoms with Crippen molar-refractivity contribution in [1.29, 1.82) is 0 Å². The Morgan fingerprint density at radius 3 is 2.49 bits per heavy atom. The van der Waals surface area contributed by atoms with E-state index in [4.69, 9.17) is 4.98 Å². The molecular formula is C32H38N10O3. The van der Waals surface area contributed by atoms with E-state index >= 15 is 0 Å². The molecule has 4 aromatic rings. The normalized spacial score (nSPS) is 19.8. The Hall–Kier alpha value is -4.94. The summed E-state index contributed by atoms with van der Waals surface area (Å²) >= 11 is 0. The molecule has 2 aromatic heterocycles. The molecule has 2 aliphatic rings. The summed E-state index contributed by atoms with van der Waals surface area (Å²) < 4.78 is 1.79. The van der Waals surface area contributed by atoms with E-state index in [0.717, 1.165) is 24.0 Å². The SMILES string of the molecule is Cc1nc2n(n1)CCN(C(=O)Cn1nnc(-c3ccccc3)n1)CCCC(=O)N1CCCC[C@H]1C(=O)N[C@@H]2Cc1ccccc1. The zero-order chi connectivity index (χ0) is 31.2. The Morgan fingerprint density at radius 1 is 0.911 bits per heavy atom. The molecule has 1 N–H and O–H groups in total. The summed E-state index contributed by atoms with van der Waals surface area (Å²) in [7, 11) is 0. The lowest BCUT2D eigenvalue weighted by Crippen LogP contribution is -2.53. The fourth-order valence-electron chi connectivity index (χ4n) is 6.10. The summed E-state index contributed by atoms with van der Waals surface area (Å²) in [5.41, 5.74) is 1.86. The topological polar surface area (TPSA) is 144 Å². The Kier molecular flexibility index (Phi) is 9.22. The number of hydrogen-bond acceptors (Lipinski definition) is 8. The summed E-state index contributed by atoms with van der Waals surface area (Å²) in [6.07, 6.45) is 3.57. The molecule has 2 aromatic carbocycles. The van der Waals surface area contributed by atoms with E-state index in [1.807, 2.05) is 67.6 Å². The minimum atomic E-state index is -0.542. The van der Waals surface area contributed by atoms with Gasteiger partial charge in [-0.15, -0.1) is 10.2 Å². The smallest absolute Gasteiger partial charge is 0.246 e. The Morgan fingerprint density at radius 2 is 1.69 bits per heavy atom. The number of amides is 3. The van der Waals surface area contributed by atoms with Gasteiger partial charge in [0.1, 0.15) is 24.2 Å². The lowest BCUT2D eigenvalue weighted by molar-refractivity contribution is -0.143. The maximum absolute atomic E-state index is 13.8. The molecule has 0 radical (unpaired) electrons. The molecule has 0 aliphatic carbocycles. The van der Waals surface area contributed by atoms with Crippen molar-refractivity contribution in [3.8, 4) is 11.4 Å². The van der Waals surface area contributed by atoms with Gasteiger partial charge in [-0.3, -0.25) is 14.4 Å². The van der Waals surface area contributed by atoms with Gasteiger partial charge < -0.3 is 15.1 Å². The summed E-state index contributed by atoms with van der Waals surface area (Å²) in [5, 5.41) is 20.5. The summed E-state index contributed by atoms with van der Waals surface area (Å²) in [6, 6.07) is 18.4. The quantitative estimate of drug-likeness (QED) is 0.363. The molecule has 3 amide bonds. The average molecular weight is 611 g/mol. The number of fused-ring (bicyclic) bond motifs is 2. The molecule has 13 heteroatoms. The minimum absolute atomic E-state index is 0.0663. The minimum Gasteiger partial charge on any atom is -0.344 e. The van der Waals surface area contributed by atoms with Crippen LogP contribution < -0.4 is 5.32 Å². The molecule has 1 fully saturated rings. The lowest BCUT2D eigenvalue weighted by Gasteiger charge is -2.36.